The number of anilines is 1. The third-order valence-corrected chi connectivity index (χ3v) is 7.28. The van der Waals surface area contributed by atoms with Crippen molar-refractivity contribution < 1.29 is 33.3 Å². The average molecular weight is 480 g/mol. The molecule has 4 fully saturated rings. The lowest BCUT2D eigenvalue weighted by molar-refractivity contribution is -0.152. The molecule has 4 aliphatic rings. The lowest BCUT2D eigenvalue weighted by atomic mass is 9.49. The molecular formula is C21H26F2N6O5. The number of H-pyrrole nitrogens is 1. The molecule has 0 unspecified atom stereocenters. The second-order valence-corrected chi connectivity index (χ2v) is 9.51. The van der Waals surface area contributed by atoms with Crippen molar-refractivity contribution in [1.29, 1.82) is 0 Å². The Kier molecular flexibility index (Phi) is 5.46. The maximum absolute atomic E-state index is 12.6. The Hall–Kier alpha value is -3.22. The Morgan fingerprint density at radius 1 is 1.35 bits per heavy atom. The molecule has 2 amide bonds. The summed E-state index contributed by atoms with van der Waals surface area (Å²) in [4.78, 5) is 26.1. The van der Waals surface area contributed by atoms with E-state index in [9.17, 15) is 28.6 Å². The topological polar surface area (TPSA) is 146 Å². The zero-order valence-corrected chi connectivity index (χ0v) is 18.4. The first-order valence-corrected chi connectivity index (χ1v) is 11.2. The summed E-state index contributed by atoms with van der Waals surface area (Å²) >= 11 is 0. The van der Waals surface area contributed by atoms with Gasteiger partial charge in [0.1, 0.15) is 5.69 Å². The van der Waals surface area contributed by atoms with Crippen molar-refractivity contribution in [3.63, 3.8) is 0 Å². The summed E-state index contributed by atoms with van der Waals surface area (Å²) < 4.78 is 30.7. The van der Waals surface area contributed by atoms with E-state index in [4.69, 9.17) is 4.74 Å². The van der Waals surface area contributed by atoms with E-state index < -0.39 is 37.2 Å². The van der Waals surface area contributed by atoms with Gasteiger partial charge in [-0.25, -0.2) is 13.6 Å². The maximum Gasteiger partial charge on any atom is 0.408 e. The van der Waals surface area contributed by atoms with E-state index in [0.29, 0.717) is 24.5 Å². The molecule has 2 heterocycles. The smallest absolute Gasteiger partial charge is 0.408 e. The molecule has 34 heavy (non-hydrogen) atoms. The maximum atomic E-state index is 12.6. The zero-order chi connectivity index (χ0) is 24.2. The number of hydrogen-bond donors (Lipinski definition) is 4. The third-order valence-electron chi connectivity index (χ3n) is 7.28. The molecule has 4 saturated carbocycles. The molecule has 0 radical (unpaired) electrons. The van der Waals surface area contributed by atoms with E-state index in [1.54, 1.807) is 6.07 Å². The number of carbonyl (C=O) groups excluding carboxylic acids is 1. The fourth-order valence-corrected chi connectivity index (χ4v) is 5.61. The third kappa shape index (κ3) is 3.87. The number of nitrogens with one attached hydrogen (secondary N) is 2. The van der Waals surface area contributed by atoms with E-state index in [-0.39, 0.29) is 28.8 Å². The summed E-state index contributed by atoms with van der Waals surface area (Å²) in [5, 5.41) is 34.0. The molecule has 0 aliphatic heterocycles. The highest BCUT2D eigenvalue weighted by atomic mass is 19.3. The van der Waals surface area contributed by atoms with E-state index in [1.165, 1.54) is 22.7 Å². The van der Waals surface area contributed by atoms with Gasteiger partial charge in [0.15, 0.2) is 12.4 Å². The van der Waals surface area contributed by atoms with Crippen molar-refractivity contribution in [1.82, 2.24) is 24.9 Å². The van der Waals surface area contributed by atoms with Gasteiger partial charge in [-0.05, 0) is 38.0 Å². The number of aliphatic hydroxyl groups excluding tert-OH is 1. The first-order valence-electron chi connectivity index (χ1n) is 11.2. The number of carboxylic acid groups (broad SMARTS) is 1. The van der Waals surface area contributed by atoms with Gasteiger partial charge in [-0.1, -0.05) is 0 Å². The Morgan fingerprint density at radius 3 is 2.71 bits per heavy atom. The number of rotatable bonds is 8. The molecule has 0 aromatic carbocycles. The Morgan fingerprint density at radius 2 is 2.09 bits per heavy atom. The van der Waals surface area contributed by atoms with Crippen LogP contribution in [0.15, 0.2) is 12.1 Å². The molecule has 0 spiro atoms. The van der Waals surface area contributed by atoms with Crippen LogP contribution < -0.4 is 10.1 Å². The van der Waals surface area contributed by atoms with Crippen LogP contribution >= 0.6 is 0 Å². The van der Waals surface area contributed by atoms with Crippen molar-refractivity contribution in [3.8, 4) is 5.88 Å². The molecule has 6 rings (SSSR count). The molecule has 4 aliphatic carbocycles. The quantitative estimate of drug-likeness (QED) is 0.453. The van der Waals surface area contributed by atoms with Crippen LogP contribution in [0.2, 0.25) is 0 Å². The fourth-order valence-electron chi connectivity index (χ4n) is 5.61. The number of hydrogen-bond acceptors (Lipinski definition) is 6. The number of alkyl halides is 2. The Balaban J connectivity index is 1.23. The van der Waals surface area contributed by atoms with Crippen LogP contribution in [0.4, 0.5) is 19.4 Å². The molecular weight excluding hydrogens is 454 g/mol. The van der Waals surface area contributed by atoms with E-state index >= 15 is 0 Å². The van der Waals surface area contributed by atoms with Crippen molar-refractivity contribution in [3.05, 3.63) is 23.5 Å². The summed E-state index contributed by atoms with van der Waals surface area (Å²) in [6, 6.07) is 2.43. The summed E-state index contributed by atoms with van der Waals surface area (Å²) in [5.74, 6) is 0.0711. The number of aromatic nitrogens is 4. The highest BCUT2D eigenvalue weighted by molar-refractivity contribution is 6.02. The minimum atomic E-state index is -2.66. The van der Waals surface area contributed by atoms with Gasteiger partial charge >= 0.3 is 6.09 Å². The molecule has 2 bridgehead atoms. The molecule has 3 atom stereocenters. The van der Waals surface area contributed by atoms with E-state index in [0.717, 1.165) is 19.3 Å². The molecule has 0 saturated heterocycles. The van der Waals surface area contributed by atoms with Gasteiger partial charge in [-0.15, -0.1) is 5.10 Å². The van der Waals surface area contributed by atoms with Crippen LogP contribution in [0.25, 0.3) is 0 Å². The standard InChI is InChI=1S/C21H26F2N6O5/c1-28-14(5-18(27-28)34-9-16(22)23)19(31)24-17-4-12(25-26-17)11-2-13(15(30)3-11)29(20(32)33)21-6-10(7-21)8-21/h4-5,10-11,13,15-16,30H,2-3,6-9H2,1H3,(H,32,33)(H2,24,25,26,31)/t10?,11-,13-,15+,21?/m0/s1. The number of carbonyl (C=O) groups is 2. The van der Waals surface area contributed by atoms with E-state index in [1.807, 2.05) is 0 Å². The van der Waals surface area contributed by atoms with Crippen molar-refractivity contribution in [2.24, 2.45) is 13.0 Å². The molecule has 184 valence electrons. The van der Waals surface area contributed by atoms with Gasteiger partial charge in [0.2, 0.25) is 5.88 Å². The number of aryl methyl sites for hydroxylation is 1. The average Bonchev–Trinajstić information content (AvgIpc) is 3.40. The molecule has 11 nitrogen and oxygen atoms in total. The largest absolute Gasteiger partial charge is 0.471 e. The van der Waals surface area contributed by atoms with Crippen molar-refractivity contribution in [2.75, 3.05) is 11.9 Å². The van der Waals surface area contributed by atoms with Gasteiger partial charge in [0.05, 0.1) is 12.1 Å². The number of aromatic amines is 1. The van der Waals surface area contributed by atoms with Gasteiger partial charge < -0.3 is 20.3 Å². The van der Waals surface area contributed by atoms with Crippen LogP contribution in [0.3, 0.4) is 0 Å². The van der Waals surface area contributed by atoms with Crippen molar-refractivity contribution >= 4 is 17.8 Å². The Bertz CT molecular complexity index is 1090. The highest BCUT2D eigenvalue weighted by Crippen LogP contribution is 2.62. The summed E-state index contributed by atoms with van der Waals surface area (Å²) in [6.07, 6.45) is -0.968. The Labute approximate surface area is 193 Å². The molecule has 2 aromatic heterocycles. The predicted octanol–water partition coefficient (Wildman–Crippen LogP) is 2.18. The number of amides is 2. The summed E-state index contributed by atoms with van der Waals surface area (Å²) in [6.45, 7) is -0.823. The number of halogens is 2. The summed E-state index contributed by atoms with van der Waals surface area (Å²) in [7, 11) is 1.49. The lowest BCUT2D eigenvalue weighted by Crippen LogP contribution is -2.72. The number of nitrogens with zero attached hydrogens (tertiary/aromatic N) is 4. The lowest BCUT2D eigenvalue weighted by Gasteiger charge is -2.66. The van der Waals surface area contributed by atoms with Gasteiger partial charge in [0.25, 0.3) is 12.3 Å². The number of ether oxygens (including phenoxy) is 1. The molecule has 13 heteroatoms. The second-order valence-electron chi connectivity index (χ2n) is 9.51. The van der Waals surface area contributed by atoms with E-state index in [2.05, 4.69) is 20.6 Å². The number of aliphatic hydroxyl groups is 1. The first kappa shape index (κ1) is 22.6. The van der Waals surface area contributed by atoms with Crippen LogP contribution in [0.1, 0.15) is 54.2 Å². The monoisotopic (exact) mass is 480 g/mol. The zero-order valence-electron chi connectivity index (χ0n) is 18.4. The van der Waals surface area contributed by atoms with Crippen LogP contribution in [0, 0.1) is 5.92 Å². The van der Waals surface area contributed by atoms with Crippen LogP contribution in [0.5, 0.6) is 5.88 Å². The van der Waals surface area contributed by atoms with Crippen LogP contribution in [-0.4, -0.2) is 77.8 Å². The minimum Gasteiger partial charge on any atom is -0.471 e. The molecule has 2 aromatic rings. The van der Waals surface area contributed by atoms with Gasteiger partial charge in [0, 0.05) is 36.3 Å². The minimum absolute atomic E-state index is 0.0895. The second kappa shape index (κ2) is 8.22. The van der Waals surface area contributed by atoms with Crippen molar-refractivity contribution in [2.45, 2.75) is 62.1 Å². The fraction of sp³-hybridized carbons (Fsp3) is 0.619. The van der Waals surface area contributed by atoms with Crippen LogP contribution in [-0.2, 0) is 7.05 Å². The molecule has 4 N–H and O–H groups in total. The SMILES string of the molecule is Cn1nc(OCC(F)F)cc1C(=O)Nc1cc([C@@H]2C[C@@H](O)[C@@H](N(C(=O)O)C34CC(C3)C4)C2)[nH]n1. The van der Waals surface area contributed by atoms with Gasteiger partial charge in [-0.3, -0.25) is 19.5 Å². The highest BCUT2D eigenvalue weighted by Gasteiger charge is 2.64. The van der Waals surface area contributed by atoms with Gasteiger partial charge in [-0.2, -0.15) is 5.10 Å². The summed E-state index contributed by atoms with van der Waals surface area (Å²) in [5.41, 5.74) is 0.470. The predicted molar refractivity (Wildman–Crippen MR) is 113 cm³/mol. The first-order chi connectivity index (χ1) is 16.1. The normalized spacial score (nSPS) is 29.4.